The predicted octanol–water partition coefficient (Wildman–Crippen LogP) is 2.37. The molecule has 0 aromatic heterocycles. The van der Waals surface area contributed by atoms with Crippen LogP contribution in [0, 0.1) is 0 Å². The van der Waals surface area contributed by atoms with Crippen molar-refractivity contribution in [1.29, 1.82) is 0 Å². The number of nitrogens with zero attached hydrogens (tertiary/aromatic N) is 1. The van der Waals surface area contributed by atoms with Gasteiger partial charge < -0.3 is 10.2 Å². The molecule has 0 spiro atoms. The second-order valence-electron chi connectivity index (χ2n) is 4.85. The summed E-state index contributed by atoms with van der Waals surface area (Å²) >= 11 is 3.44. The van der Waals surface area contributed by atoms with E-state index < -0.39 is 0 Å². The minimum Gasteiger partial charge on any atom is -0.369 e. The number of amides is 1. The third-order valence-corrected chi connectivity index (χ3v) is 3.77. The first-order chi connectivity index (χ1) is 8.97. The molecule has 19 heavy (non-hydrogen) atoms. The molecule has 1 saturated heterocycles. The van der Waals surface area contributed by atoms with E-state index in [2.05, 4.69) is 26.1 Å². The summed E-state index contributed by atoms with van der Waals surface area (Å²) in [7, 11) is 0. The van der Waals surface area contributed by atoms with Crippen molar-refractivity contribution in [1.82, 2.24) is 5.32 Å². The molecule has 1 heterocycles. The molecule has 2 rings (SSSR count). The van der Waals surface area contributed by atoms with Crippen molar-refractivity contribution in [3.05, 3.63) is 28.2 Å². The molecule has 4 nitrogen and oxygen atoms in total. The Bertz CT molecular complexity index is 516. The number of halogens is 1. The molecular formula is C14H17BrN2O2. The van der Waals surface area contributed by atoms with Gasteiger partial charge >= 0.3 is 0 Å². The van der Waals surface area contributed by atoms with Gasteiger partial charge in [-0.1, -0.05) is 15.9 Å². The van der Waals surface area contributed by atoms with Gasteiger partial charge in [0.15, 0.2) is 5.78 Å². The highest BCUT2D eigenvalue weighted by molar-refractivity contribution is 9.10. The molecule has 0 saturated carbocycles. The molecule has 102 valence electrons. The predicted molar refractivity (Wildman–Crippen MR) is 78.6 cm³/mol. The molecule has 1 atom stereocenters. The van der Waals surface area contributed by atoms with Crippen molar-refractivity contribution in [3.8, 4) is 0 Å². The zero-order valence-electron chi connectivity index (χ0n) is 11.1. The lowest BCUT2D eigenvalue weighted by molar-refractivity contribution is -0.119. The Balaban J connectivity index is 2.21. The highest BCUT2D eigenvalue weighted by atomic mass is 79.9. The van der Waals surface area contributed by atoms with Crippen LogP contribution in [0.1, 0.15) is 30.6 Å². The number of anilines is 1. The zero-order valence-corrected chi connectivity index (χ0v) is 12.7. The van der Waals surface area contributed by atoms with Crippen LogP contribution in [0.2, 0.25) is 0 Å². The monoisotopic (exact) mass is 324 g/mol. The molecule has 5 heteroatoms. The van der Waals surface area contributed by atoms with Gasteiger partial charge in [0.1, 0.15) is 0 Å². The van der Waals surface area contributed by atoms with Crippen molar-refractivity contribution in [3.63, 3.8) is 0 Å². The number of carbonyl (C=O) groups is 2. The molecular weight excluding hydrogens is 308 g/mol. The normalized spacial score (nSPS) is 18.5. The lowest BCUT2D eigenvalue weighted by Crippen LogP contribution is -2.35. The number of benzene rings is 1. The van der Waals surface area contributed by atoms with E-state index in [1.165, 1.54) is 6.92 Å². The minimum absolute atomic E-state index is 0.00659. The third kappa shape index (κ3) is 3.35. The average Bonchev–Trinajstić information content (AvgIpc) is 2.75. The van der Waals surface area contributed by atoms with Crippen LogP contribution < -0.4 is 10.2 Å². The fourth-order valence-electron chi connectivity index (χ4n) is 2.45. The van der Waals surface area contributed by atoms with Crippen LogP contribution in [0.25, 0.3) is 0 Å². The summed E-state index contributed by atoms with van der Waals surface area (Å²) in [5, 5.41) is 2.93. The average molecular weight is 325 g/mol. The van der Waals surface area contributed by atoms with Gasteiger partial charge in [-0.05, 0) is 31.5 Å². The lowest BCUT2D eigenvalue weighted by atomic mass is 10.1. The van der Waals surface area contributed by atoms with Crippen LogP contribution in [-0.2, 0) is 4.79 Å². The number of carbonyl (C=O) groups excluding carboxylic acids is 2. The van der Waals surface area contributed by atoms with Gasteiger partial charge in [-0.15, -0.1) is 0 Å². The number of Topliss-reactive ketones (excluding diaryl/α,β-unsaturated/α-hetero) is 1. The van der Waals surface area contributed by atoms with E-state index in [-0.39, 0.29) is 17.7 Å². The van der Waals surface area contributed by atoms with Gasteiger partial charge in [0.2, 0.25) is 5.91 Å². The van der Waals surface area contributed by atoms with E-state index in [9.17, 15) is 9.59 Å². The molecule has 0 bridgehead atoms. The standard InChI is InChI=1S/C14H17BrN2O2/c1-9(18)13-4-3-11(15)7-14(13)17-6-5-12(8-17)16-10(2)19/h3-4,7,12H,5-6,8H2,1-2H3,(H,16,19). The van der Waals surface area contributed by atoms with Crippen molar-refractivity contribution in [2.45, 2.75) is 26.3 Å². The fraction of sp³-hybridized carbons (Fsp3) is 0.429. The summed E-state index contributed by atoms with van der Waals surface area (Å²) in [6.45, 7) is 4.70. The molecule has 1 aliphatic heterocycles. The summed E-state index contributed by atoms with van der Waals surface area (Å²) in [6, 6.07) is 5.85. The van der Waals surface area contributed by atoms with E-state index >= 15 is 0 Å². The number of hydrogen-bond acceptors (Lipinski definition) is 3. The van der Waals surface area contributed by atoms with Gasteiger partial charge in [-0.3, -0.25) is 9.59 Å². The van der Waals surface area contributed by atoms with Crippen molar-refractivity contribution >= 4 is 33.3 Å². The van der Waals surface area contributed by atoms with E-state index in [1.807, 2.05) is 18.2 Å². The molecule has 1 unspecified atom stereocenters. The van der Waals surface area contributed by atoms with Crippen LogP contribution in [0.4, 0.5) is 5.69 Å². The summed E-state index contributed by atoms with van der Waals surface area (Å²) in [5.74, 6) is 0.0540. The second kappa shape index (κ2) is 5.74. The van der Waals surface area contributed by atoms with Gasteiger partial charge in [0.05, 0.1) is 0 Å². The Morgan fingerprint density at radius 3 is 2.74 bits per heavy atom. The molecule has 0 radical (unpaired) electrons. The van der Waals surface area contributed by atoms with E-state index in [4.69, 9.17) is 0 Å². The molecule has 1 aliphatic rings. The van der Waals surface area contributed by atoms with Crippen molar-refractivity contribution in [2.24, 2.45) is 0 Å². The Kier molecular flexibility index (Phi) is 4.24. The first-order valence-electron chi connectivity index (χ1n) is 6.30. The molecule has 1 amide bonds. The third-order valence-electron chi connectivity index (χ3n) is 3.28. The largest absolute Gasteiger partial charge is 0.369 e. The zero-order chi connectivity index (χ0) is 14.0. The number of rotatable bonds is 3. The van der Waals surface area contributed by atoms with E-state index in [0.717, 1.165) is 35.2 Å². The van der Waals surface area contributed by atoms with Gasteiger partial charge in [-0.25, -0.2) is 0 Å². The maximum Gasteiger partial charge on any atom is 0.217 e. The highest BCUT2D eigenvalue weighted by Crippen LogP contribution is 2.28. The van der Waals surface area contributed by atoms with E-state index in [1.54, 1.807) is 6.92 Å². The van der Waals surface area contributed by atoms with Crippen molar-refractivity contribution < 1.29 is 9.59 Å². The molecule has 0 aliphatic carbocycles. The number of ketones is 1. The van der Waals surface area contributed by atoms with Crippen molar-refractivity contribution in [2.75, 3.05) is 18.0 Å². The van der Waals surface area contributed by atoms with Gasteiger partial charge in [0, 0.05) is 41.8 Å². The Labute approximate surface area is 121 Å². The van der Waals surface area contributed by atoms with Crippen LogP contribution >= 0.6 is 15.9 Å². The molecule has 1 aromatic rings. The van der Waals surface area contributed by atoms with E-state index in [0.29, 0.717) is 0 Å². The fourth-order valence-corrected chi connectivity index (χ4v) is 2.80. The Morgan fingerprint density at radius 2 is 2.11 bits per heavy atom. The summed E-state index contributed by atoms with van der Waals surface area (Å²) in [6.07, 6.45) is 0.906. The maximum absolute atomic E-state index is 11.7. The molecule has 1 N–H and O–H groups in total. The molecule has 1 fully saturated rings. The highest BCUT2D eigenvalue weighted by Gasteiger charge is 2.25. The summed E-state index contributed by atoms with van der Waals surface area (Å²) < 4.78 is 0.954. The quantitative estimate of drug-likeness (QED) is 0.868. The minimum atomic E-state index is -0.00659. The van der Waals surface area contributed by atoms with Crippen LogP contribution in [0.15, 0.2) is 22.7 Å². The Morgan fingerprint density at radius 1 is 1.37 bits per heavy atom. The maximum atomic E-state index is 11.7. The SMILES string of the molecule is CC(=O)NC1CCN(c2cc(Br)ccc2C(C)=O)C1. The summed E-state index contributed by atoms with van der Waals surface area (Å²) in [5.41, 5.74) is 1.67. The first kappa shape index (κ1) is 14.1. The van der Waals surface area contributed by atoms with Gasteiger partial charge in [-0.2, -0.15) is 0 Å². The van der Waals surface area contributed by atoms with Crippen LogP contribution in [0.3, 0.4) is 0 Å². The number of hydrogen-bond donors (Lipinski definition) is 1. The van der Waals surface area contributed by atoms with Gasteiger partial charge in [0.25, 0.3) is 0 Å². The topological polar surface area (TPSA) is 49.4 Å². The molecule has 1 aromatic carbocycles. The number of nitrogens with one attached hydrogen (secondary N) is 1. The van der Waals surface area contributed by atoms with Crippen LogP contribution in [0.5, 0.6) is 0 Å². The smallest absolute Gasteiger partial charge is 0.217 e. The second-order valence-corrected chi connectivity index (χ2v) is 5.77. The van der Waals surface area contributed by atoms with Crippen LogP contribution in [-0.4, -0.2) is 30.8 Å². The summed E-state index contributed by atoms with van der Waals surface area (Å²) in [4.78, 5) is 24.9. The first-order valence-corrected chi connectivity index (χ1v) is 7.09. The Hall–Kier alpha value is -1.36. The lowest BCUT2D eigenvalue weighted by Gasteiger charge is -2.21.